The number of nitrogens with one attached hydrogen (secondary N) is 1. The molecule has 0 radical (unpaired) electrons. The van der Waals surface area contributed by atoms with Crippen molar-refractivity contribution in [1.82, 2.24) is 0 Å². The fourth-order valence-corrected chi connectivity index (χ4v) is 2.99. The van der Waals surface area contributed by atoms with E-state index in [1.165, 1.54) is 30.4 Å². The first-order valence-corrected chi connectivity index (χ1v) is 7.87. The highest BCUT2D eigenvalue weighted by molar-refractivity contribution is 14.0. The SMILES string of the molecule is Cc1ccc(NC(N)=NCC2(c3ccccc3)CCC2)cc1.I. The quantitative estimate of drug-likeness (QED) is 0.435. The van der Waals surface area contributed by atoms with Gasteiger partial charge in [0.1, 0.15) is 0 Å². The second-order valence-electron chi connectivity index (χ2n) is 6.19. The van der Waals surface area contributed by atoms with Gasteiger partial charge in [-0.05, 0) is 37.5 Å². The molecule has 2 aromatic rings. The van der Waals surface area contributed by atoms with E-state index in [9.17, 15) is 0 Å². The molecule has 0 heterocycles. The highest BCUT2D eigenvalue weighted by atomic mass is 127. The summed E-state index contributed by atoms with van der Waals surface area (Å²) in [6.45, 7) is 2.82. The third kappa shape index (κ3) is 4.25. The lowest BCUT2D eigenvalue weighted by molar-refractivity contribution is 0.254. The molecule has 0 bridgehead atoms. The van der Waals surface area contributed by atoms with Gasteiger partial charge in [0.15, 0.2) is 5.96 Å². The Morgan fingerprint density at radius 1 is 1.09 bits per heavy atom. The Morgan fingerprint density at radius 2 is 1.74 bits per heavy atom. The van der Waals surface area contributed by atoms with Gasteiger partial charge in [0.25, 0.3) is 0 Å². The molecule has 4 heteroatoms. The number of aliphatic imine (C=N–C) groups is 1. The van der Waals surface area contributed by atoms with Gasteiger partial charge in [-0.2, -0.15) is 0 Å². The molecule has 1 fully saturated rings. The van der Waals surface area contributed by atoms with E-state index in [1.54, 1.807) is 0 Å². The Bertz CT molecular complexity index is 646. The maximum Gasteiger partial charge on any atom is 0.193 e. The fraction of sp³-hybridized carbons (Fsp3) is 0.316. The van der Waals surface area contributed by atoms with Crippen molar-refractivity contribution in [3.63, 3.8) is 0 Å². The predicted molar refractivity (Wildman–Crippen MR) is 109 cm³/mol. The van der Waals surface area contributed by atoms with E-state index >= 15 is 0 Å². The molecule has 1 aliphatic rings. The Morgan fingerprint density at radius 3 is 2.30 bits per heavy atom. The van der Waals surface area contributed by atoms with Crippen molar-refractivity contribution in [2.45, 2.75) is 31.6 Å². The molecule has 0 aromatic heterocycles. The van der Waals surface area contributed by atoms with Crippen LogP contribution in [0, 0.1) is 6.92 Å². The minimum Gasteiger partial charge on any atom is -0.370 e. The Labute approximate surface area is 155 Å². The third-order valence-electron chi connectivity index (χ3n) is 4.57. The van der Waals surface area contributed by atoms with Crippen molar-refractivity contribution < 1.29 is 0 Å². The van der Waals surface area contributed by atoms with Crippen LogP contribution in [0.4, 0.5) is 5.69 Å². The van der Waals surface area contributed by atoms with Crippen LogP contribution >= 0.6 is 24.0 Å². The molecule has 0 unspecified atom stereocenters. The molecule has 3 N–H and O–H groups in total. The summed E-state index contributed by atoms with van der Waals surface area (Å²) in [7, 11) is 0. The minimum atomic E-state index is 0. The summed E-state index contributed by atoms with van der Waals surface area (Å²) in [5.41, 5.74) is 9.83. The number of anilines is 1. The monoisotopic (exact) mass is 421 g/mol. The first-order chi connectivity index (χ1) is 10.7. The summed E-state index contributed by atoms with van der Waals surface area (Å²) in [5, 5.41) is 3.17. The minimum absolute atomic E-state index is 0. The van der Waals surface area contributed by atoms with Gasteiger partial charge >= 0.3 is 0 Å². The van der Waals surface area contributed by atoms with Gasteiger partial charge in [-0.25, -0.2) is 0 Å². The number of aryl methyl sites for hydroxylation is 1. The lowest BCUT2D eigenvalue weighted by Crippen LogP contribution is -2.38. The normalized spacial score (nSPS) is 16.1. The van der Waals surface area contributed by atoms with Gasteiger partial charge in [-0.1, -0.05) is 54.4 Å². The van der Waals surface area contributed by atoms with Crippen molar-refractivity contribution in [2.75, 3.05) is 11.9 Å². The van der Waals surface area contributed by atoms with Crippen LogP contribution in [0.3, 0.4) is 0 Å². The van der Waals surface area contributed by atoms with Gasteiger partial charge in [0.05, 0.1) is 6.54 Å². The number of rotatable bonds is 4. The first-order valence-electron chi connectivity index (χ1n) is 7.87. The Hall–Kier alpha value is -1.56. The number of benzene rings is 2. The van der Waals surface area contributed by atoms with E-state index in [0.29, 0.717) is 5.96 Å². The highest BCUT2D eigenvalue weighted by Gasteiger charge is 2.38. The third-order valence-corrected chi connectivity index (χ3v) is 4.57. The van der Waals surface area contributed by atoms with Crippen molar-refractivity contribution >= 4 is 35.6 Å². The summed E-state index contributed by atoms with van der Waals surface area (Å²) in [6, 6.07) is 18.9. The number of nitrogens with two attached hydrogens (primary N) is 1. The van der Waals surface area contributed by atoms with Crippen LogP contribution in [-0.2, 0) is 5.41 Å². The van der Waals surface area contributed by atoms with Crippen LogP contribution in [-0.4, -0.2) is 12.5 Å². The molecular weight excluding hydrogens is 397 g/mol. The molecule has 0 spiro atoms. The molecule has 3 nitrogen and oxygen atoms in total. The van der Waals surface area contributed by atoms with Crippen LogP contribution in [0.1, 0.15) is 30.4 Å². The predicted octanol–water partition coefficient (Wildman–Crippen LogP) is 4.46. The van der Waals surface area contributed by atoms with E-state index < -0.39 is 0 Å². The average Bonchev–Trinajstić information content (AvgIpc) is 2.50. The zero-order chi connectivity index (χ0) is 15.4. The molecule has 0 atom stereocenters. The smallest absolute Gasteiger partial charge is 0.193 e. The average molecular weight is 421 g/mol. The maximum atomic E-state index is 6.05. The number of hydrogen-bond acceptors (Lipinski definition) is 1. The van der Waals surface area contributed by atoms with Crippen molar-refractivity contribution in [1.29, 1.82) is 0 Å². The summed E-state index contributed by atoms with van der Waals surface area (Å²) < 4.78 is 0. The van der Waals surface area contributed by atoms with Crippen molar-refractivity contribution in [3.05, 3.63) is 65.7 Å². The first kappa shape index (κ1) is 17.8. The van der Waals surface area contributed by atoms with E-state index in [-0.39, 0.29) is 29.4 Å². The largest absolute Gasteiger partial charge is 0.370 e. The summed E-state index contributed by atoms with van der Waals surface area (Å²) >= 11 is 0. The highest BCUT2D eigenvalue weighted by Crippen LogP contribution is 2.43. The number of halogens is 1. The fourth-order valence-electron chi connectivity index (χ4n) is 2.99. The van der Waals surface area contributed by atoms with E-state index in [1.807, 2.05) is 12.1 Å². The molecule has 1 aliphatic carbocycles. The molecule has 23 heavy (non-hydrogen) atoms. The maximum absolute atomic E-state index is 6.05. The van der Waals surface area contributed by atoms with Crippen LogP contribution in [0.5, 0.6) is 0 Å². The van der Waals surface area contributed by atoms with Gasteiger partial charge in [0, 0.05) is 11.1 Å². The molecular formula is C19H24IN3. The Kier molecular flexibility index (Phi) is 6.04. The number of hydrogen-bond donors (Lipinski definition) is 2. The van der Waals surface area contributed by atoms with E-state index in [4.69, 9.17) is 5.73 Å². The number of guanidine groups is 1. The van der Waals surface area contributed by atoms with Crippen LogP contribution in [0.15, 0.2) is 59.6 Å². The summed E-state index contributed by atoms with van der Waals surface area (Å²) in [5.74, 6) is 0.492. The van der Waals surface area contributed by atoms with Crippen molar-refractivity contribution in [3.8, 4) is 0 Å². The van der Waals surface area contributed by atoms with E-state index in [2.05, 4.69) is 59.7 Å². The molecule has 0 amide bonds. The zero-order valence-corrected chi connectivity index (χ0v) is 15.8. The van der Waals surface area contributed by atoms with Crippen molar-refractivity contribution in [2.24, 2.45) is 10.7 Å². The van der Waals surface area contributed by atoms with Crippen LogP contribution < -0.4 is 11.1 Å². The second kappa shape index (κ2) is 7.81. The summed E-state index contributed by atoms with van der Waals surface area (Å²) in [6.07, 6.45) is 3.66. The molecule has 1 saturated carbocycles. The second-order valence-corrected chi connectivity index (χ2v) is 6.19. The Balaban J connectivity index is 0.00000192. The zero-order valence-electron chi connectivity index (χ0n) is 13.5. The molecule has 0 saturated heterocycles. The molecule has 2 aromatic carbocycles. The van der Waals surface area contributed by atoms with Gasteiger partial charge < -0.3 is 11.1 Å². The van der Waals surface area contributed by atoms with Crippen LogP contribution in [0.2, 0.25) is 0 Å². The topological polar surface area (TPSA) is 50.4 Å². The van der Waals surface area contributed by atoms with Gasteiger partial charge in [-0.15, -0.1) is 24.0 Å². The van der Waals surface area contributed by atoms with E-state index in [0.717, 1.165) is 12.2 Å². The number of nitrogens with zero attached hydrogens (tertiary/aromatic N) is 1. The van der Waals surface area contributed by atoms with Gasteiger partial charge in [-0.3, -0.25) is 4.99 Å². The lowest BCUT2D eigenvalue weighted by Gasteiger charge is -2.41. The molecule has 122 valence electrons. The summed E-state index contributed by atoms with van der Waals surface area (Å²) in [4.78, 5) is 4.60. The van der Waals surface area contributed by atoms with Gasteiger partial charge in [0.2, 0.25) is 0 Å². The molecule has 0 aliphatic heterocycles. The lowest BCUT2D eigenvalue weighted by atomic mass is 9.64. The van der Waals surface area contributed by atoms with Crippen LogP contribution in [0.25, 0.3) is 0 Å². The molecule has 3 rings (SSSR count). The standard InChI is InChI=1S/C19H23N3.HI/c1-15-8-10-17(11-9-15)22-18(20)21-14-19(12-5-13-19)16-6-3-2-4-7-16;/h2-4,6-11H,5,12-14H2,1H3,(H3,20,21,22);1H.